The molecule has 0 N–H and O–H groups in total. The van der Waals surface area contributed by atoms with E-state index in [-0.39, 0.29) is 12.8 Å². The summed E-state index contributed by atoms with van der Waals surface area (Å²) in [6, 6.07) is 0. The average Bonchev–Trinajstić information content (AvgIpc) is 2.63. The molecule has 3 rings (SSSR count). The van der Waals surface area contributed by atoms with E-state index >= 15 is 0 Å². The van der Waals surface area contributed by atoms with Gasteiger partial charge < -0.3 is 0 Å². The van der Waals surface area contributed by atoms with Crippen molar-refractivity contribution in [3.8, 4) is 0 Å². The number of carbonyl (C=O) groups is 1. The largest absolute Gasteiger partial charge is 0.297 e. The van der Waals surface area contributed by atoms with Crippen LogP contribution in [0.15, 0.2) is 0 Å². The van der Waals surface area contributed by atoms with E-state index in [4.69, 9.17) is 0 Å². The van der Waals surface area contributed by atoms with Gasteiger partial charge in [0.2, 0.25) is 4.08 Å². The molecule has 3 aliphatic rings. The Morgan fingerprint density at radius 1 is 0.640 bits per heavy atom. The minimum Gasteiger partial charge on any atom is -0.297 e. The zero-order valence-corrected chi connectivity index (χ0v) is 16.5. The number of hydrogen-bond donors (Lipinski definition) is 0. The topological polar surface area (TPSA) is 85.3 Å². The molecule has 0 saturated heterocycles. The molecule has 3 fully saturated rings. The molecule has 0 aliphatic heterocycles. The highest BCUT2D eigenvalue weighted by molar-refractivity contribution is 8.12. The summed E-state index contributed by atoms with van der Waals surface area (Å²) >= 11 is 0. The molecule has 0 spiro atoms. The summed E-state index contributed by atoms with van der Waals surface area (Å²) in [6.45, 7) is 0. The number of hydrogen-bond acceptors (Lipinski definition) is 5. The molecule has 3 aliphatic carbocycles. The van der Waals surface area contributed by atoms with Crippen molar-refractivity contribution in [3.63, 3.8) is 0 Å². The molecule has 7 heteroatoms. The first-order chi connectivity index (χ1) is 11.8. The lowest BCUT2D eigenvalue weighted by molar-refractivity contribution is -0.120. The van der Waals surface area contributed by atoms with Crippen molar-refractivity contribution >= 4 is 25.5 Å². The fourth-order valence-corrected chi connectivity index (χ4v) is 11.8. The third kappa shape index (κ3) is 3.09. The predicted molar refractivity (Wildman–Crippen MR) is 97.8 cm³/mol. The summed E-state index contributed by atoms with van der Waals surface area (Å²) in [5.74, 6) is -0.546. The van der Waals surface area contributed by atoms with Gasteiger partial charge in [-0.25, -0.2) is 16.8 Å². The number of sulfone groups is 2. The van der Waals surface area contributed by atoms with Crippen LogP contribution in [0.1, 0.15) is 89.9 Å². The van der Waals surface area contributed by atoms with E-state index in [0.717, 1.165) is 38.5 Å². The first kappa shape index (κ1) is 19.3. The monoisotopic (exact) mass is 390 g/mol. The maximum Gasteiger partial charge on any atom is 0.231 e. The lowest BCUT2D eigenvalue weighted by atomic mass is 9.98. The van der Waals surface area contributed by atoms with Gasteiger partial charge in [0.1, 0.15) is 0 Å². The first-order valence-electron chi connectivity index (χ1n) is 9.84. The zero-order chi connectivity index (χ0) is 18.1. The van der Waals surface area contributed by atoms with Crippen LogP contribution in [0.25, 0.3) is 0 Å². The summed E-state index contributed by atoms with van der Waals surface area (Å²) in [7, 11) is -8.08. The second-order valence-electron chi connectivity index (χ2n) is 7.99. The molecule has 0 heterocycles. The SMILES string of the molecule is O=C1CCCCC1(S(=O)(=O)C1CCCCC1)S(=O)(=O)C1CCCCC1. The third-order valence-corrected chi connectivity index (χ3v) is 13.3. The van der Waals surface area contributed by atoms with Gasteiger partial charge in [0.05, 0.1) is 10.5 Å². The first-order valence-corrected chi connectivity index (χ1v) is 12.9. The Labute approximate surface area is 151 Å². The van der Waals surface area contributed by atoms with E-state index in [1.165, 1.54) is 0 Å². The Morgan fingerprint density at radius 2 is 1.08 bits per heavy atom. The molecule has 0 bridgehead atoms. The molecule has 0 radical (unpaired) electrons. The second-order valence-corrected chi connectivity index (χ2v) is 13.2. The van der Waals surface area contributed by atoms with Crippen LogP contribution in [-0.2, 0) is 24.5 Å². The van der Waals surface area contributed by atoms with E-state index in [1.54, 1.807) is 0 Å². The number of carbonyl (C=O) groups excluding carboxylic acids is 1. The molecule has 25 heavy (non-hydrogen) atoms. The third-order valence-electron chi connectivity index (χ3n) is 6.49. The maximum atomic E-state index is 13.6. The molecule has 0 aromatic carbocycles. The van der Waals surface area contributed by atoms with Gasteiger partial charge in [-0.1, -0.05) is 38.5 Å². The molecule has 144 valence electrons. The van der Waals surface area contributed by atoms with Crippen LogP contribution < -0.4 is 0 Å². The summed E-state index contributed by atoms with van der Waals surface area (Å²) in [5, 5.41) is -1.33. The highest BCUT2D eigenvalue weighted by atomic mass is 32.3. The zero-order valence-electron chi connectivity index (χ0n) is 14.9. The van der Waals surface area contributed by atoms with Gasteiger partial charge in [-0.05, 0) is 44.9 Å². The minimum atomic E-state index is -4.04. The van der Waals surface area contributed by atoms with E-state index in [0.29, 0.717) is 38.5 Å². The Morgan fingerprint density at radius 3 is 1.48 bits per heavy atom. The standard InChI is InChI=1S/C18H30O5S2/c19-17-13-7-8-14-18(17,24(20,21)15-9-3-1-4-10-15)25(22,23)16-11-5-2-6-12-16/h15-16H,1-14H2. The van der Waals surface area contributed by atoms with Crippen LogP contribution in [-0.4, -0.2) is 37.2 Å². The lowest BCUT2D eigenvalue weighted by Crippen LogP contribution is -2.60. The number of ketones is 1. The Bertz CT molecular complexity index is 648. The van der Waals surface area contributed by atoms with Crippen molar-refractivity contribution in [2.45, 2.75) is 104 Å². The molecule has 3 saturated carbocycles. The summed E-state index contributed by atoms with van der Waals surface area (Å²) in [6.07, 6.45) is 8.34. The van der Waals surface area contributed by atoms with E-state index in [9.17, 15) is 21.6 Å². The molecular weight excluding hydrogens is 360 g/mol. The van der Waals surface area contributed by atoms with Gasteiger partial charge in [-0.3, -0.25) is 4.79 Å². The van der Waals surface area contributed by atoms with Gasteiger partial charge >= 0.3 is 0 Å². The average molecular weight is 391 g/mol. The quantitative estimate of drug-likeness (QED) is 0.735. The van der Waals surface area contributed by atoms with E-state index in [1.807, 2.05) is 0 Å². The van der Waals surface area contributed by atoms with Crippen molar-refractivity contribution in [2.75, 3.05) is 0 Å². The van der Waals surface area contributed by atoms with Crippen molar-refractivity contribution in [1.29, 1.82) is 0 Å². The molecule has 0 aromatic heterocycles. The fourth-order valence-electron chi connectivity index (χ4n) is 5.03. The minimum absolute atomic E-state index is 0.0243. The summed E-state index contributed by atoms with van der Waals surface area (Å²) in [5.41, 5.74) is 0. The lowest BCUT2D eigenvalue weighted by Gasteiger charge is -2.41. The molecule has 5 nitrogen and oxygen atoms in total. The molecule has 0 atom stereocenters. The van der Waals surface area contributed by atoms with Crippen LogP contribution in [0.2, 0.25) is 0 Å². The second kappa shape index (κ2) is 7.29. The Balaban J connectivity index is 2.08. The Kier molecular flexibility index (Phi) is 5.64. The van der Waals surface area contributed by atoms with Crippen LogP contribution in [0, 0.1) is 0 Å². The molecule has 0 aromatic rings. The summed E-state index contributed by atoms with van der Waals surface area (Å²) < 4.78 is 52.1. The van der Waals surface area contributed by atoms with Gasteiger partial charge in [-0.15, -0.1) is 0 Å². The predicted octanol–water partition coefficient (Wildman–Crippen LogP) is 3.32. The van der Waals surface area contributed by atoms with Crippen LogP contribution in [0.4, 0.5) is 0 Å². The van der Waals surface area contributed by atoms with E-state index < -0.39 is 40.0 Å². The van der Waals surface area contributed by atoms with Gasteiger partial charge in [0.15, 0.2) is 25.5 Å². The molecular formula is C18H30O5S2. The van der Waals surface area contributed by atoms with Gasteiger partial charge in [-0.2, -0.15) is 0 Å². The molecule has 0 amide bonds. The van der Waals surface area contributed by atoms with Crippen LogP contribution >= 0.6 is 0 Å². The van der Waals surface area contributed by atoms with Gasteiger partial charge in [0.25, 0.3) is 0 Å². The van der Waals surface area contributed by atoms with Crippen LogP contribution in [0.5, 0.6) is 0 Å². The normalized spacial score (nSPS) is 27.3. The summed E-state index contributed by atoms with van der Waals surface area (Å²) in [4.78, 5) is 12.9. The van der Waals surface area contributed by atoms with Crippen molar-refractivity contribution in [2.24, 2.45) is 0 Å². The smallest absolute Gasteiger partial charge is 0.231 e. The maximum absolute atomic E-state index is 13.6. The van der Waals surface area contributed by atoms with Crippen molar-refractivity contribution in [1.82, 2.24) is 0 Å². The van der Waals surface area contributed by atoms with E-state index in [2.05, 4.69) is 0 Å². The van der Waals surface area contributed by atoms with Crippen molar-refractivity contribution < 1.29 is 21.6 Å². The van der Waals surface area contributed by atoms with Crippen LogP contribution in [0.3, 0.4) is 0 Å². The van der Waals surface area contributed by atoms with Crippen molar-refractivity contribution in [3.05, 3.63) is 0 Å². The fraction of sp³-hybridized carbons (Fsp3) is 0.944. The highest BCUT2D eigenvalue weighted by Crippen LogP contribution is 2.46. The Hall–Kier alpha value is -0.430. The molecule has 0 unspecified atom stereocenters. The number of rotatable bonds is 4. The van der Waals surface area contributed by atoms with Gasteiger partial charge in [0, 0.05) is 6.42 Å². The number of Topliss-reactive ketones (excluding diaryl/α,β-unsaturated/α-hetero) is 1. The highest BCUT2D eigenvalue weighted by Gasteiger charge is 2.64.